The molecule has 0 aromatic carbocycles. The molecule has 52 valence electrons. The van der Waals surface area contributed by atoms with Gasteiger partial charge in [-0.3, -0.25) is 0 Å². The van der Waals surface area contributed by atoms with E-state index < -0.39 is 0 Å². The Morgan fingerprint density at radius 1 is 1.67 bits per heavy atom. The number of hydrogen-bond acceptors (Lipinski definition) is 1. The van der Waals surface area contributed by atoms with Crippen LogP contribution in [0.1, 0.15) is 26.2 Å². The van der Waals surface area contributed by atoms with Crippen LogP contribution in [0.3, 0.4) is 0 Å². The quantitative estimate of drug-likeness (QED) is 0.515. The second-order valence-corrected chi connectivity index (χ2v) is 2.44. The van der Waals surface area contributed by atoms with Gasteiger partial charge in [0, 0.05) is 0 Å². The van der Waals surface area contributed by atoms with Crippen molar-refractivity contribution in [2.24, 2.45) is 0 Å². The van der Waals surface area contributed by atoms with Gasteiger partial charge in [0.25, 0.3) is 0 Å². The molecule has 0 unspecified atom stereocenters. The molecular formula is C8H14O. The molecule has 0 saturated heterocycles. The second kappa shape index (κ2) is 3.67. The molecule has 1 heteroatoms. The first-order chi connectivity index (χ1) is 4.43. The molecular weight excluding hydrogens is 112 g/mol. The first-order valence-corrected chi connectivity index (χ1v) is 3.69. The van der Waals surface area contributed by atoms with Crippen LogP contribution in [0.2, 0.25) is 0 Å². The normalized spacial score (nSPS) is 19.4. The van der Waals surface area contributed by atoms with Gasteiger partial charge in [-0.1, -0.05) is 25.0 Å². The lowest BCUT2D eigenvalue weighted by atomic mass is 10.1. The largest absolute Gasteiger partial charge is 0.377 e. The highest BCUT2D eigenvalue weighted by molar-refractivity contribution is 5.03. The average molecular weight is 126 g/mol. The summed E-state index contributed by atoms with van der Waals surface area (Å²) < 4.78 is 5.17. The van der Waals surface area contributed by atoms with Gasteiger partial charge in [0.15, 0.2) is 0 Å². The number of ether oxygens (including phenoxy) is 1. The van der Waals surface area contributed by atoms with E-state index in [0.717, 1.165) is 19.6 Å². The molecule has 1 aliphatic heterocycles. The highest BCUT2D eigenvalue weighted by atomic mass is 16.5. The number of hydrogen-bond donors (Lipinski definition) is 0. The van der Waals surface area contributed by atoms with E-state index in [-0.39, 0.29) is 0 Å². The van der Waals surface area contributed by atoms with Gasteiger partial charge in [-0.2, -0.15) is 0 Å². The van der Waals surface area contributed by atoms with Crippen LogP contribution in [0.15, 0.2) is 11.6 Å². The van der Waals surface area contributed by atoms with Gasteiger partial charge in [-0.15, -0.1) is 0 Å². The molecule has 0 saturated carbocycles. The Hall–Kier alpha value is -0.300. The maximum absolute atomic E-state index is 5.17. The zero-order chi connectivity index (χ0) is 6.53. The van der Waals surface area contributed by atoms with Crippen molar-refractivity contribution in [3.05, 3.63) is 11.6 Å². The lowest BCUT2D eigenvalue weighted by Gasteiger charge is -2.11. The predicted octanol–water partition coefficient (Wildman–Crippen LogP) is 2.13. The van der Waals surface area contributed by atoms with Crippen molar-refractivity contribution in [2.75, 3.05) is 13.2 Å². The van der Waals surface area contributed by atoms with Crippen LogP contribution in [-0.4, -0.2) is 13.2 Å². The third-order valence-corrected chi connectivity index (χ3v) is 1.63. The molecule has 0 spiro atoms. The van der Waals surface area contributed by atoms with E-state index in [1.807, 2.05) is 0 Å². The van der Waals surface area contributed by atoms with Crippen molar-refractivity contribution >= 4 is 0 Å². The molecule has 0 aliphatic carbocycles. The van der Waals surface area contributed by atoms with Gasteiger partial charge < -0.3 is 4.74 Å². The SMILES string of the molecule is CCCC1=CCOCC1. The molecule has 1 nitrogen and oxygen atoms in total. The highest BCUT2D eigenvalue weighted by Crippen LogP contribution is 2.12. The first kappa shape index (κ1) is 6.81. The second-order valence-electron chi connectivity index (χ2n) is 2.44. The van der Waals surface area contributed by atoms with Gasteiger partial charge in [-0.05, 0) is 12.8 Å². The molecule has 0 aromatic heterocycles. The Morgan fingerprint density at radius 3 is 3.11 bits per heavy atom. The zero-order valence-corrected chi connectivity index (χ0v) is 6.02. The molecule has 1 aliphatic rings. The fourth-order valence-electron chi connectivity index (χ4n) is 1.11. The zero-order valence-electron chi connectivity index (χ0n) is 6.02. The van der Waals surface area contributed by atoms with Gasteiger partial charge in [0.05, 0.1) is 13.2 Å². The molecule has 9 heavy (non-hydrogen) atoms. The van der Waals surface area contributed by atoms with Crippen molar-refractivity contribution in [1.82, 2.24) is 0 Å². The Balaban J connectivity index is 2.28. The minimum Gasteiger partial charge on any atom is -0.377 e. The van der Waals surface area contributed by atoms with E-state index in [1.165, 1.54) is 12.8 Å². The summed E-state index contributed by atoms with van der Waals surface area (Å²) in [5, 5.41) is 0. The van der Waals surface area contributed by atoms with Crippen LogP contribution in [0.5, 0.6) is 0 Å². The summed E-state index contributed by atoms with van der Waals surface area (Å²) in [6, 6.07) is 0. The first-order valence-electron chi connectivity index (χ1n) is 3.69. The molecule has 0 radical (unpaired) electrons. The lowest BCUT2D eigenvalue weighted by molar-refractivity contribution is 0.153. The fraction of sp³-hybridized carbons (Fsp3) is 0.750. The molecule has 0 atom stereocenters. The van der Waals surface area contributed by atoms with Gasteiger partial charge in [0.2, 0.25) is 0 Å². The third kappa shape index (κ3) is 2.19. The van der Waals surface area contributed by atoms with Crippen molar-refractivity contribution in [1.29, 1.82) is 0 Å². The van der Waals surface area contributed by atoms with E-state index in [1.54, 1.807) is 5.57 Å². The molecule has 0 aromatic rings. The summed E-state index contributed by atoms with van der Waals surface area (Å²) in [7, 11) is 0. The Labute approximate surface area is 56.7 Å². The van der Waals surface area contributed by atoms with Crippen LogP contribution >= 0.6 is 0 Å². The summed E-state index contributed by atoms with van der Waals surface area (Å²) >= 11 is 0. The average Bonchev–Trinajstić information content (AvgIpc) is 1.91. The highest BCUT2D eigenvalue weighted by Gasteiger charge is 2.00. The lowest BCUT2D eigenvalue weighted by Crippen LogP contribution is -2.03. The fourth-order valence-corrected chi connectivity index (χ4v) is 1.11. The molecule has 0 N–H and O–H groups in total. The Morgan fingerprint density at radius 2 is 2.56 bits per heavy atom. The molecule has 0 bridgehead atoms. The summed E-state index contributed by atoms with van der Waals surface area (Å²) in [4.78, 5) is 0. The van der Waals surface area contributed by atoms with Crippen LogP contribution in [0.4, 0.5) is 0 Å². The van der Waals surface area contributed by atoms with Crippen molar-refractivity contribution in [3.8, 4) is 0 Å². The maximum Gasteiger partial charge on any atom is 0.0650 e. The minimum atomic E-state index is 0.843. The minimum absolute atomic E-state index is 0.843. The molecule has 1 heterocycles. The monoisotopic (exact) mass is 126 g/mol. The van der Waals surface area contributed by atoms with Crippen molar-refractivity contribution in [2.45, 2.75) is 26.2 Å². The van der Waals surface area contributed by atoms with Gasteiger partial charge >= 0.3 is 0 Å². The summed E-state index contributed by atoms with van der Waals surface area (Å²) in [5.74, 6) is 0. The standard InChI is InChI=1S/C8H14O/c1-2-3-8-4-6-9-7-5-8/h4H,2-3,5-7H2,1H3. The van der Waals surface area contributed by atoms with Crippen LogP contribution in [0.25, 0.3) is 0 Å². The maximum atomic E-state index is 5.17. The number of rotatable bonds is 2. The van der Waals surface area contributed by atoms with Crippen LogP contribution in [0, 0.1) is 0 Å². The Bertz CT molecular complexity index is 105. The van der Waals surface area contributed by atoms with Crippen LogP contribution in [-0.2, 0) is 4.74 Å². The van der Waals surface area contributed by atoms with Crippen molar-refractivity contribution in [3.63, 3.8) is 0 Å². The summed E-state index contributed by atoms with van der Waals surface area (Å²) in [5.41, 5.74) is 1.59. The molecule has 1 rings (SSSR count). The van der Waals surface area contributed by atoms with Crippen LogP contribution < -0.4 is 0 Å². The Kier molecular flexibility index (Phi) is 2.78. The molecule has 0 fully saturated rings. The molecule has 0 amide bonds. The van der Waals surface area contributed by atoms with E-state index in [9.17, 15) is 0 Å². The van der Waals surface area contributed by atoms with E-state index in [0.29, 0.717) is 0 Å². The summed E-state index contributed by atoms with van der Waals surface area (Å²) in [6.07, 6.45) is 5.91. The van der Waals surface area contributed by atoms with E-state index in [4.69, 9.17) is 4.74 Å². The topological polar surface area (TPSA) is 9.23 Å². The van der Waals surface area contributed by atoms with Crippen molar-refractivity contribution < 1.29 is 4.74 Å². The van der Waals surface area contributed by atoms with E-state index in [2.05, 4.69) is 13.0 Å². The smallest absolute Gasteiger partial charge is 0.0650 e. The third-order valence-electron chi connectivity index (χ3n) is 1.63. The van der Waals surface area contributed by atoms with Gasteiger partial charge in [0.1, 0.15) is 0 Å². The predicted molar refractivity (Wildman–Crippen MR) is 38.4 cm³/mol. The summed E-state index contributed by atoms with van der Waals surface area (Å²) in [6.45, 7) is 4.00. The van der Waals surface area contributed by atoms with E-state index >= 15 is 0 Å². The van der Waals surface area contributed by atoms with Gasteiger partial charge in [-0.25, -0.2) is 0 Å².